The molecule has 4 aliphatic rings. The maximum Gasteiger partial charge on any atom is 0.252 e. The van der Waals surface area contributed by atoms with Crippen LogP contribution in [0, 0.1) is 0 Å². The van der Waals surface area contributed by atoms with Gasteiger partial charge < -0.3 is 24.2 Å². The fourth-order valence-electron chi connectivity index (χ4n) is 13.0. The Labute approximate surface area is 470 Å². The number of nitrogens with zero attached hydrogens (tertiary/aromatic N) is 3. The Morgan fingerprint density at radius 1 is 0.287 bits per heavy atom. The van der Waals surface area contributed by atoms with Crippen LogP contribution in [-0.4, -0.2) is 13.4 Å². The van der Waals surface area contributed by atoms with Crippen LogP contribution in [0.15, 0.2) is 295 Å². The van der Waals surface area contributed by atoms with Gasteiger partial charge in [-0.15, -0.1) is 0 Å². The molecule has 4 heterocycles. The summed E-state index contributed by atoms with van der Waals surface area (Å²) in [5.74, 6) is 3.09. The van der Waals surface area contributed by atoms with Gasteiger partial charge in [-0.2, -0.15) is 0 Å². The van der Waals surface area contributed by atoms with Crippen LogP contribution >= 0.6 is 11.8 Å². The number of rotatable bonds is 9. The smallest absolute Gasteiger partial charge is 0.252 e. The van der Waals surface area contributed by atoms with Gasteiger partial charge in [-0.3, -0.25) is 0 Å². The zero-order chi connectivity index (χ0) is 52.7. The largest absolute Gasteiger partial charge is 0.457 e. The molecule has 0 fully saturated rings. The molecule has 12 aromatic carbocycles. The minimum absolute atomic E-state index is 0.187. The third-order valence-electron chi connectivity index (χ3n) is 16.1. The molecule has 0 unspecified atom stereocenters. The molecule has 16 rings (SSSR count). The molecule has 5 nitrogen and oxygen atoms in total. The Morgan fingerprint density at radius 2 is 0.662 bits per heavy atom. The molecule has 0 saturated carbocycles. The van der Waals surface area contributed by atoms with E-state index in [-0.39, 0.29) is 13.4 Å². The highest BCUT2D eigenvalue weighted by Gasteiger charge is 2.51. The molecule has 80 heavy (non-hydrogen) atoms. The number of ether oxygens (including phenoxy) is 2. The van der Waals surface area contributed by atoms with Crippen LogP contribution in [0.4, 0.5) is 51.2 Å². The predicted molar refractivity (Wildman–Crippen MR) is 334 cm³/mol. The lowest BCUT2D eigenvalue weighted by atomic mass is 9.29. The molecular weight excluding hydrogens is 993 g/mol. The van der Waals surface area contributed by atoms with Crippen LogP contribution in [0.25, 0.3) is 22.3 Å². The maximum absolute atomic E-state index is 7.03. The van der Waals surface area contributed by atoms with Crippen LogP contribution in [0.5, 0.6) is 23.0 Å². The van der Waals surface area contributed by atoms with Crippen molar-refractivity contribution < 1.29 is 9.47 Å². The van der Waals surface area contributed by atoms with Crippen LogP contribution in [-0.2, 0) is 0 Å². The van der Waals surface area contributed by atoms with Gasteiger partial charge in [0.1, 0.15) is 23.0 Å². The van der Waals surface area contributed by atoms with E-state index in [2.05, 4.69) is 239 Å². The van der Waals surface area contributed by atoms with Crippen LogP contribution in [0.1, 0.15) is 0 Å². The lowest BCUT2D eigenvalue weighted by Gasteiger charge is -2.48. The standard InChI is InChI=1S/C72H47B2N3O2S/c1-8-26-48(27-9-1)65-69-71(77(52-34-16-5-17-35-52)62-45-55(78-53-36-18-6-19-37-53)44-61-67(62)73(69)57-40-22-24-42-59(57)75(61)50-30-12-3-13-31-50)66(49-28-10-2-11-29-49)72-70(65)74-58-41-23-25-43-60(58)76(51-32-14-4-15-33-51)63-46-56(47-64(80-72)68(63)74)79-54-38-20-7-21-39-54/h1-47H. The van der Waals surface area contributed by atoms with E-state index in [0.717, 1.165) is 84.6 Å². The van der Waals surface area contributed by atoms with Crippen molar-refractivity contribution in [2.24, 2.45) is 0 Å². The predicted octanol–water partition coefficient (Wildman–Crippen LogP) is 15.5. The second-order valence-corrected chi connectivity index (χ2v) is 21.7. The molecule has 0 amide bonds. The number of para-hydroxylation sites is 7. The number of hydrogen-bond donors (Lipinski definition) is 0. The summed E-state index contributed by atoms with van der Waals surface area (Å²) in [6.45, 7) is -0.416. The summed E-state index contributed by atoms with van der Waals surface area (Å²) in [5, 5.41) is 0. The van der Waals surface area contributed by atoms with E-state index < -0.39 is 0 Å². The molecular formula is C72H47B2N3O2S. The molecule has 12 aromatic rings. The molecule has 0 atom stereocenters. The van der Waals surface area contributed by atoms with Crippen molar-refractivity contribution in [2.45, 2.75) is 9.79 Å². The molecule has 374 valence electrons. The highest BCUT2D eigenvalue weighted by molar-refractivity contribution is 8.00. The van der Waals surface area contributed by atoms with Crippen molar-refractivity contribution in [3.8, 4) is 45.3 Å². The molecule has 8 heteroatoms. The summed E-state index contributed by atoms with van der Waals surface area (Å²) in [6.07, 6.45) is 0. The van der Waals surface area contributed by atoms with Crippen molar-refractivity contribution in [2.75, 3.05) is 14.7 Å². The number of benzene rings is 12. The molecule has 0 radical (unpaired) electrons. The van der Waals surface area contributed by atoms with Crippen molar-refractivity contribution in [3.63, 3.8) is 0 Å². The third-order valence-corrected chi connectivity index (χ3v) is 17.3. The zero-order valence-electron chi connectivity index (χ0n) is 43.4. The van der Waals surface area contributed by atoms with Gasteiger partial charge in [-0.25, -0.2) is 0 Å². The lowest BCUT2D eigenvalue weighted by Crippen LogP contribution is -2.65. The van der Waals surface area contributed by atoms with Gasteiger partial charge >= 0.3 is 0 Å². The number of fused-ring (bicyclic) bond motifs is 8. The summed E-state index contributed by atoms with van der Waals surface area (Å²) < 4.78 is 14.0. The van der Waals surface area contributed by atoms with E-state index in [1.807, 2.05) is 72.4 Å². The van der Waals surface area contributed by atoms with Crippen LogP contribution in [0.2, 0.25) is 0 Å². The fourth-order valence-corrected chi connectivity index (χ4v) is 14.4. The van der Waals surface area contributed by atoms with Crippen molar-refractivity contribution >= 4 is 109 Å². The Morgan fingerprint density at radius 3 is 1.16 bits per heavy atom. The average Bonchev–Trinajstić information content (AvgIpc) is 3.27. The van der Waals surface area contributed by atoms with E-state index in [4.69, 9.17) is 9.47 Å². The summed E-state index contributed by atoms with van der Waals surface area (Å²) in [6, 6.07) is 103. The van der Waals surface area contributed by atoms with Crippen molar-refractivity contribution in [1.82, 2.24) is 0 Å². The zero-order valence-corrected chi connectivity index (χ0v) is 44.2. The summed E-state index contributed by atoms with van der Waals surface area (Å²) in [4.78, 5) is 9.85. The van der Waals surface area contributed by atoms with Gasteiger partial charge in [0.15, 0.2) is 0 Å². The quantitative estimate of drug-likeness (QED) is 0.134. The van der Waals surface area contributed by atoms with E-state index in [1.54, 1.807) is 0 Å². The number of anilines is 9. The van der Waals surface area contributed by atoms with Crippen LogP contribution < -0.4 is 57.0 Å². The summed E-state index contributed by atoms with van der Waals surface area (Å²) in [5.41, 5.74) is 22.1. The van der Waals surface area contributed by atoms with Crippen LogP contribution in [0.3, 0.4) is 0 Å². The third kappa shape index (κ3) is 7.37. The Bertz CT molecular complexity index is 4350. The summed E-state index contributed by atoms with van der Waals surface area (Å²) in [7, 11) is 0. The molecule has 4 aliphatic heterocycles. The van der Waals surface area contributed by atoms with E-state index in [0.29, 0.717) is 0 Å². The second kappa shape index (κ2) is 18.9. The monoisotopic (exact) mass is 1040 g/mol. The second-order valence-electron chi connectivity index (χ2n) is 20.6. The van der Waals surface area contributed by atoms with E-state index in [1.165, 1.54) is 54.4 Å². The van der Waals surface area contributed by atoms with Gasteiger partial charge in [0, 0.05) is 79.1 Å². The van der Waals surface area contributed by atoms with Crippen molar-refractivity contribution in [1.29, 1.82) is 0 Å². The topological polar surface area (TPSA) is 28.2 Å². The average molecular weight is 1040 g/mol. The Balaban J connectivity index is 1.09. The highest BCUT2D eigenvalue weighted by atomic mass is 32.2. The van der Waals surface area contributed by atoms with Crippen molar-refractivity contribution in [3.05, 3.63) is 285 Å². The first-order valence-electron chi connectivity index (χ1n) is 27.3. The molecule has 0 aliphatic carbocycles. The first-order valence-corrected chi connectivity index (χ1v) is 28.1. The summed E-state index contributed by atoms with van der Waals surface area (Å²) >= 11 is 1.88. The first-order chi connectivity index (χ1) is 39.7. The highest BCUT2D eigenvalue weighted by Crippen LogP contribution is 2.54. The van der Waals surface area contributed by atoms with Gasteiger partial charge in [0.2, 0.25) is 6.71 Å². The molecule has 0 N–H and O–H groups in total. The van der Waals surface area contributed by atoms with E-state index >= 15 is 0 Å². The minimum atomic E-state index is -0.230. The Hall–Kier alpha value is -9.88. The minimum Gasteiger partial charge on any atom is -0.457 e. The normalized spacial score (nSPS) is 13.1. The molecule has 0 spiro atoms. The number of hydrogen-bond acceptors (Lipinski definition) is 6. The van der Waals surface area contributed by atoms with E-state index in [9.17, 15) is 0 Å². The van der Waals surface area contributed by atoms with Gasteiger partial charge in [0.25, 0.3) is 6.71 Å². The Kier molecular flexibility index (Phi) is 10.9. The SMILES string of the molecule is c1ccc(Oc2cc3c4c(c2)N(c2ccccc2)c2ccccc2B4c2c(c(-c4ccccc4)c4c(c2-c2ccccc2)B2c5ccccc5N(c5ccccc5)c5cc(Oc6ccccc6)cc(c52)N4c2ccccc2)S3)cc1. The first kappa shape index (κ1) is 46.2. The molecule has 0 bridgehead atoms. The van der Waals surface area contributed by atoms with Gasteiger partial charge in [-0.05, 0) is 128 Å². The van der Waals surface area contributed by atoms with Gasteiger partial charge in [0.05, 0.1) is 5.69 Å². The maximum atomic E-state index is 7.03. The fraction of sp³-hybridized carbons (Fsp3) is 0. The molecule has 0 saturated heterocycles. The van der Waals surface area contributed by atoms with Gasteiger partial charge in [-0.1, -0.05) is 200 Å². The lowest BCUT2D eigenvalue weighted by molar-refractivity contribution is 0.481. The molecule has 0 aromatic heterocycles.